The monoisotopic (exact) mass is 250 g/mol. The molecule has 0 saturated heterocycles. The van der Waals surface area contributed by atoms with Crippen LogP contribution in [-0.4, -0.2) is 6.21 Å². The summed E-state index contributed by atoms with van der Waals surface area (Å²) in [6, 6.07) is 8.64. The van der Waals surface area contributed by atoms with Gasteiger partial charge in [0, 0.05) is 11.6 Å². The number of anilines is 1. The van der Waals surface area contributed by atoms with Gasteiger partial charge in [0.05, 0.1) is 11.9 Å². The van der Waals surface area contributed by atoms with Crippen LogP contribution < -0.4 is 5.43 Å². The Morgan fingerprint density at radius 1 is 0.833 bits per heavy atom. The number of halogens is 3. The highest BCUT2D eigenvalue weighted by molar-refractivity contribution is 5.80. The summed E-state index contributed by atoms with van der Waals surface area (Å²) in [7, 11) is 0. The molecule has 0 unspecified atom stereocenters. The summed E-state index contributed by atoms with van der Waals surface area (Å²) in [4.78, 5) is 0. The van der Waals surface area contributed by atoms with Crippen LogP contribution in [0.1, 0.15) is 5.56 Å². The van der Waals surface area contributed by atoms with Crippen molar-refractivity contribution in [3.63, 3.8) is 0 Å². The molecular formula is C13H9F3N2. The van der Waals surface area contributed by atoms with Gasteiger partial charge in [-0.25, -0.2) is 13.2 Å². The lowest BCUT2D eigenvalue weighted by molar-refractivity contribution is 0.583. The van der Waals surface area contributed by atoms with E-state index in [0.29, 0.717) is 11.3 Å². The van der Waals surface area contributed by atoms with E-state index in [4.69, 9.17) is 0 Å². The summed E-state index contributed by atoms with van der Waals surface area (Å²) in [6.45, 7) is 0. The van der Waals surface area contributed by atoms with Gasteiger partial charge in [0.2, 0.25) is 0 Å². The van der Waals surface area contributed by atoms with E-state index in [1.165, 1.54) is 30.5 Å². The first-order valence-corrected chi connectivity index (χ1v) is 5.14. The van der Waals surface area contributed by atoms with Gasteiger partial charge in [-0.3, -0.25) is 5.43 Å². The topological polar surface area (TPSA) is 24.4 Å². The van der Waals surface area contributed by atoms with Crippen molar-refractivity contribution in [1.29, 1.82) is 0 Å². The highest BCUT2D eigenvalue weighted by Gasteiger charge is 1.97. The fraction of sp³-hybridized carbons (Fsp3) is 0. The van der Waals surface area contributed by atoms with Crippen LogP contribution in [0.3, 0.4) is 0 Å². The van der Waals surface area contributed by atoms with Gasteiger partial charge in [-0.15, -0.1) is 0 Å². The summed E-state index contributed by atoms with van der Waals surface area (Å²) in [5, 5.41) is 3.79. The number of hydrazone groups is 1. The van der Waals surface area contributed by atoms with Gasteiger partial charge in [0.25, 0.3) is 0 Å². The molecule has 2 aromatic carbocycles. The zero-order chi connectivity index (χ0) is 13.0. The SMILES string of the molecule is Fc1ccc(N/N=C/c2cc(F)cc(F)c2)cc1. The molecular weight excluding hydrogens is 241 g/mol. The molecule has 0 aliphatic heterocycles. The average molecular weight is 250 g/mol. The summed E-state index contributed by atoms with van der Waals surface area (Å²) in [5.74, 6) is -1.69. The lowest BCUT2D eigenvalue weighted by Gasteiger charge is -1.99. The van der Waals surface area contributed by atoms with Crippen LogP contribution in [0.4, 0.5) is 18.9 Å². The van der Waals surface area contributed by atoms with Crippen LogP contribution >= 0.6 is 0 Å². The Morgan fingerprint density at radius 3 is 2.06 bits per heavy atom. The van der Waals surface area contributed by atoms with E-state index in [1.807, 2.05) is 0 Å². The molecule has 92 valence electrons. The van der Waals surface area contributed by atoms with Crippen LogP contribution in [0.2, 0.25) is 0 Å². The molecule has 0 fully saturated rings. The minimum Gasteiger partial charge on any atom is -0.279 e. The maximum Gasteiger partial charge on any atom is 0.126 e. The van der Waals surface area contributed by atoms with Gasteiger partial charge < -0.3 is 0 Å². The quantitative estimate of drug-likeness (QED) is 0.653. The number of benzene rings is 2. The van der Waals surface area contributed by atoms with Crippen molar-refractivity contribution in [2.24, 2.45) is 5.10 Å². The highest BCUT2D eigenvalue weighted by Crippen LogP contribution is 2.09. The van der Waals surface area contributed by atoms with E-state index in [1.54, 1.807) is 0 Å². The molecule has 0 aromatic heterocycles. The molecule has 18 heavy (non-hydrogen) atoms. The number of hydrogen-bond donors (Lipinski definition) is 1. The number of hydrogen-bond acceptors (Lipinski definition) is 2. The molecule has 1 N–H and O–H groups in total. The molecule has 0 aliphatic carbocycles. The van der Waals surface area contributed by atoms with Crippen LogP contribution in [0.5, 0.6) is 0 Å². The van der Waals surface area contributed by atoms with Gasteiger partial charge in [-0.1, -0.05) is 0 Å². The molecule has 0 amide bonds. The van der Waals surface area contributed by atoms with Crippen LogP contribution in [0, 0.1) is 17.5 Å². The normalized spacial score (nSPS) is 10.8. The third-order valence-electron chi connectivity index (χ3n) is 2.14. The van der Waals surface area contributed by atoms with Crippen LogP contribution in [0.15, 0.2) is 47.6 Å². The Labute approximate surface area is 102 Å². The molecule has 2 aromatic rings. The van der Waals surface area contributed by atoms with Crippen molar-refractivity contribution in [1.82, 2.24) is 0 Å². The maximum absolute atomic E-state index is 12.9. The van der Waals surface area contributed by atoms with E-state index in [2.05, 4.69) is 10.5 Å². The standard InChI is InChI=1S/C13H9F3N2/c14-10-1-3-13(4-2-10)18-17-8-9-5-11(15)7-12(16)6-9/h1-8,18H/b17-8+. The zero-order valence-corrected chi connectivity index (χ0v) is 9.20. The van der Waals surface area contributed by atoms with Crippen molar-refractivity contribution in [2.45, 2.75) is 0 Å². The Balaban J connectivity index is 2.05. The second-order valence-electron chi connectivity index (χ2n) is 3.58. The van der Waals surface area contributed by atoms with Crippen molar-refractivity contribution in [3.8, 4) is 0 Å². The minimum absolute atomic E-state index is 0.294. The maximum atomic E-state index is 12.9. The third kappa shape index (κ3) is 3.35. The van der Waals surface area contributed by atoms with Gasteiger partial charge in [0.15, 0.2) is 0 Å². The Bertz CT molecular complexity index is 545. The Morgan fingerprint density at radius 2 is 1.44 bits per heavy atom. The van der Waals surface area contributed by atoms with Gasteiger partial charge in [0.1, 0.15) is 17.5 Å². The molecule has 2 nitrogen and oxygen atoms in total. The molecule has 2 rings (SSSR count). The average Bonchev–Trinajstić information content (AvgIpc) is 2.30. The van der Waals surface area contributed by atoms with Crippen molar-refractivity contribution >= 4 is 11.9 Å². The fourth-order valence-corrected chi connectivity index (χ4v) is 1.36. The Kier molecular flexibility index (Phi) is 3.62. The molecule has 0 aliphatic rings. The summed E-state index contributed by atoms with van der Waals surface area (Å²) in [6.07, 6.45) is 1.27. The molecule has 0 spiro atoms. The first kappa shape index (κ1) is 12.2. The number of rotatable bonds is 3. The molecule has 0 saturated carbocycles. The molecule has 5 heteroatoms. The predicted molar refractivity (Wildman–Crippen MR) is 64.0 cm³/mol. The van der Waals surface area contributed by atoms with Gasteiger partial charge in [-0.2, -0.15) is 5.10 Å². The van der Waals surface area contributed by atoms with Crippen molar-refractivity contribution in [3.05, 3.63) is 65.5 Å². The van der Waals surface area contributed by atoms with E-state index in [9.17, 15) is 13.2 Å². The number of nitrogens with one attached hydrogen (secondary N) is 1. The second kappa shape index (κ2) is 5.35. The first-order chi connectivity index (χ1) is 8.63. The predicted octanol–water partition coefficient (Wildman–Crippen LogP) is 3.55. The van der Waals surface area contributed by atoms with Gasteiger partial charge >= 0.3 is 0 Å². The lowest BCUT2D eigenvalue weighted by atomic mass is 10.2. The molecule has 0 atom stereocenters. The molecule has 0 radical (unpaired) electrons. The first-order valence-electron chi connectivity index (χ1n) is 5.14. The lowest BCUT2D eigenvalue weighted by Crippen LogP contribution is -1.92. The summed E-state index contributed by atoms with van der Waals surface area (Å²) in [5.41, 5.74) is 3.48. The Hall–Kier alpha value is -2.30. The zero-order valence-electron chi connectivity index (χ0n) is 9.20. The van der Waals surface area contributed by atoms with Crippen molar-refractivity contribution in [2.75, 3.05) is 5.43 Å². The minimum atomic E-state index is -0.668. The van der Waals surface area contributed by atoms with Gasteiger partial charge in [-0.05, 0) is 36.4 Å². The van der Waals surface area contributed by atoms with Crippen LogP contribution in [0.25, 0.3) is 0 Å². The molecule has 0 heterocycles. The second-order valence-corrected chi connectivity index (χ2v) is 3.58. The van der Waals surface area contributed by atoms with E-state index in [-0.39, 0.29) is 5.82 Å². The van der Waals surface area contributed by atoms with E-state index < -0.39 is 11.6 Å². The summed E-state index contributed by atoms with van der Waals surface area (Å²) < 4.78 is 38.3. The van der Waals surface area contributed by atoms with E-state index in [0.717, 1.165) is 18.2 Å². The van der Waals surface area contributed by atoms with Crippen LogP contribution in [-0.2, 0) is 0 Å². The molecule has 0 bridgehead atoms. The highest BCUT2D eigenvalue weighted by atomic mass is 19.1. The summed E-state index contributed by atoms with van der Waals surface area (Å²) >= 11 is 0. The fourth-order valence-electron chi connectivity index (χ4n) is 1.36. The number of nitrogens with zero attached hydrogens (tertiary/aromatic N) is 1. The largest absolute Gasteiger partial charge is 0.279 e. The third-order valence-corrected chi connectivity index (χ3v) is 2.14. The smallest absolute Gasteiger partial charge is 0.126 e. The van der Waals surface area contributed by atoms with E-state index >= 15 is 0 Å². The van der Waals surface area contributed by atoms with Crippen molar-refractivity contribution < 1.29 is 13.2 Å².